The largest absolute Gasteiger partial charge is 0.495 e. The zero-order valence-electron chi connectivity index (χ0n) is 7.81. The molecule has 1 aliphatic heterocycles. The van der Waals surface area contributed by atoms with Gasteiger partial charge in [0.15, 0.2) is 0 Å². The van der Waals surface area contributed by atoms with Gasteiger partial charge in [0.25, 0.3) is 0 Å². The van der Waals surface area contributed by atoms with Crippen molar-refractivity contribution in [3.63, 3.8) is 0 Å². The predicted octanol–water partition coefficient (Wildman–Crippen LogP) is 3.15. The molecule has 1 saturated heterocycles. The summed E-state index contributed by atoms with van der Waals surface area (Å²) in [6, 6.07) is 4.20. The normalized spacial score (nSPS) is 20.4. The monoisotopic (exact) mass is 275 g/mol. The Morgan fingerprint density at radius 3 is 2.79 bits per heavy atom. The van der Waals surface area contributed by atoms with E-state index in [1.165, 1.54) is 0 Å². The van der Waals surface area contributed by atoms with Crippen molar-refractivity contribution in [2.24, 2.45) is 0 Å². The molecule has 1 aliphatic rings. The van der Waals surface area contributed by atoms with Gasteiger partial charge in [-0.15, -0.1) is 0 Å². The summed E-state index contributed by atoms with van der Waals surface area (Å²) in [4.78, 5) is 0. The number of methoxy groups -OCH3 is 1. The van der Waals surface area contributed by atoms with Crippen LogP contribution in [0.2, 0.25) is 5.02 Å². The first-order valence-corrected chi connectivity index (χ1v) is 5.66. The van der Waals surface area contributed by atoms with Gasteiger partial charge in [-0.1, -0.05) is 11.6 Å². The second-order valence-electron chi connectivity index (χ2n) is 3.31. The van der Waals surface area contributed by atoms with Crippen LogP contribution in [0.3, 0.4) is 0 Å². The van der Waals surface area contributed by atoms with E-state index in [4.69, 9.17) is 16.3 Å². The third-order valence-electron chi connectivity index (χ3n) is 2.44. The molecular weight excluding hydrogens is 265 g/mol. The molecule has 2 rings (SSSR count). The Bertz CT molecular complexity index is 352. The number of halogens is 2. The van der Waals surface area contributed by atoms with Crippen molar-refractivity contribution in [2.45, 2.75) is 12.5 Å². The molecule has 1 fully saturated rings. The third-order valence-corrected chi connectivity index (χ3v) is 3.25. The molecule has 0 aliphatic carbocycles. The minimum atomic E-state index is 0.389. The van der Waals surface area contributed by atoms with Crippen LogP contribution in [0.1, 0.15) is 18.0 Å². The standard InChI is InChI=1S/C10H11BrClNO/c1-14-10-7(9-2-3-13-9)4-6(12)5-8(10)11/h4-5,9,13H,2-3H2,1H3. The number of benzene rings is 1. The third kappa shape index (κ3) is 1.76. The highest BCUT2D eigenvalue weighted by atomic mass is 79.9. The molecule has 1 heterocycles. The van der Waals surface area contributed by atoms with Gasteiger partial charge in [0.1, 0.15) is 5.75 Å². The maximum Gasteiger partial charge on any atom is 0.137 e. The Kier molecular flexibility index (Phi) is 3.00. The van der Waals surface area contributed by atoms with E-state index in [2.05, 4.69) is 21.2 Å². The van der Waals surface area contributed by atoms with Crippen molar-refractivity contribution >= 4 is 27.5 Å². The van der Waals surface area contributed by atoms with Gasteiger partial charge >= 0.3 is 0 Å². The average Bonchev–Trinajstić information content (AvgIpc) is 1.99. The van der Waals surface area contributed by atoms with Crippen LogP contribution in [0, 0.1) is 0 Å². The second kappa shape index (κ2) is 4.09. The van der Waals surface area contributed by atoms with E-state index in [1.54, 1.807) is 7.11 Å². The zero-order chi connectivity index (χ0) is 10.1. The van der Waals surface area contributed by atoms with Crippen LogP contribution >= 0.6 is 27.5 Å². The lowest BCUT2D eigenvalue weighted by Gasteiger charge is -2.29. The number of ether oxygens (including phenoxy) is 1. The Labute approximate surface area is 96.7 Å². The number of nitrogens with one attached hydrogen (secondary N) is 1. The fourth-order valence-electron chi connectivity index (χ4n) is 1.61. The van der Waals surface area contributed by atoms with Gasteiger partial charge < -0.3 is 10.1 Å². The Hall–Kier alpha value is -0.250. The highest BCUT2D eigenvalue weighted by Crippen LogP contribution is 2.38. The second-order valence-corrected chi connectivity index (χ2v) is 4.60. The summed E-state index contributed by atoms with van der Waals surface area (Å²) in [6.45, 7) is 1.07. The van der Waals surface area contributed by atoms with Crippen molar-refractivity contribution in [1.29, 1.82) is 0 Å². The van der Waals surface area contributed by atoms with Crippen molar-refractivity contribution in [3.8, 4) is 5.75 Å². The van der Waals surface area contributed by atoms with Gasteiger partial charge in [0.2, 0.25) is 0 Å². The van der Waals surface area contributed by atoms with Crippen LogP contribution in [0.15, 0.2) is 16.6 Å². The highest BCUT2D eigenvalue weighted by Gasteiger charge is 2.23. The van der Waals surface area contributed by atoms with E-state index < -0.39 is 0 Å². The predicted molar refractivity (Wildman–Crippen MR) is 61.1 cm³/mol. The molecule has 0 spiro atoms. The molecular formula is C10H11BrClNO. The fraction of sp³-hybridized carbons (Fsp3) is 0.400. The first kappa shape index (κ1) is 10.3. The molecule has 1 aromatic rings. The van der Waals surface area contributed by atoms with Gasteiger partial charge in [-0.05, 0) is 41.0 Å². The summed E-state index contributed by atoms with van der Waals surface area (Å²) in [7, 11) is 1.68. The Morgan fingerprint density at radius 1 is 1.57 bits per heavy atom. The van der Waals surface area contributed by atoms with Crippen molar-refractivity contribution < 1.29 is 4.74 Å². The van der Waals surface area contributed by atoms with Crippen LogP contribution in [0.5, 0.6) is 5.75 Å². The molecule has 4 heteroatoms. The van der Waals surface area contributed by atoms with Gasteiger partial charge in [0, 0.05) is 16.6 Å². The van der Waals surface area contributed by atoms with E-state index in [1.807, 2.05) is 12.1 Å². The molecule has 1 aromatic carbocycles. The summed E-state index contributed by atoms with van der Waals surface area (Å²) in [5.74, 6) is 0.881. The number of rotatable bonds is 2. The average molecular weight is 277 g/mol. The Morgan fingerprint density at radius 2 is 2.29 bits per heavy atom. The molecule has 1 atom stereocenters. The first-order chi connectivity index (χ1) is 6.72. The van der Waals surface area contributed by atoms with E-state index in [0.717, 1.165) is 33.8 Å². The fourth-order valence-corrected chi connectivity index (χ4v) is 2.60. The van der Waals surface area contributed by atoms with Crippen molar-refractivity contribution in [3.05, 3.63) is 27.2 Å². The highest BCUT2D eigenvalue weighted by molar-refractivity contribution is 9.10. The Balaban J connectivity index is 2.44. The molecule has 2 nitrogen and oxygen atoms in total. The lowest BCUT2D eigenvalue weighted by atomic mass is 9.97. The number of hydrogen-bond donors (Lipinski definition) is 1. The van der Waals surface area contributed by atoms with Crippen LogP contribution in [-0.4, -0.2) is 13.7 Å². The molecule has 0 amide bonds. The first-order valence-electron chi connectivity index (χ1n) is 4.48. The maximum atomic E-state index is 5.99. The molecule has 1 N–H and O–H groups in total. The molecule has 0 radical (unpaired) electrons. The summed E-state index contributed by atoms with van der Waals surface area (Å²) < 4.78 is 6.26. The maximum absolute atomic E-state index is 5.99. The lowest BCUT2D eigenvalue weighted by Crippen LogP contribution is -2.35. The van der Waals surface area contributed by atoms with E-state index in [-0.39, 0.29) is 0 Å². The number of hydrogen-bond acceptors (Lipinski definition) is 2. The summed E-state index contributed by atoms with van der Waals surface area (Å²) in [5, 5.41) is 4.07. The van der Waals surface area contributed by atoms with Gasteiger partial charge in [-0.3, -0.25) is 0 Å². The van der Waals surface area contributed by atoms with Crippen LogP contribution in [0.4, 0.5) is 0 Å². The lowest BCUT2D eigenvalue weighted by molar-refractivity contribution is 0.352. The topological polar surface area (TPSA) is 21.3 Å². The molecule has 76 valence electrons. The van der Waals surface area contributed by atoms with E-state index in [0.29, 0.717) is 6.04 Å². The minimum Gasteiger partial charge on any atom is -0.495 e. The SMILES string of the molecule is COc1c(Br)cc(Cl)cc1C1CCN1. The van der Waals surface area contributed by atoms with Crippen LogP contribution in [-0.2, 0) is 0 Å². The van der Waals surface area contributed by atoms with Crippen LogP contribution < -0.4 is 10.1 Å². The van der Waals surface area contributed by atoms with Gasteiger partial charge in [-0.2, -0.15) is 0 Å². The van der Waals surface area contributed by atoms with Crippen LogP contribution in [0.25, 0.3) is 0 Å². The molecule has 0 bridgehead atoms. The van der Waals surface area contributed by atoms with E-state index >= 15 is 0 Å². The summed E-state index contributed by atoms with van der Waals surface area (Å²) in [6.07, 6.45) is 1.14. The van der Waals surface area contributed by atoms with Crippen molar-refractivity contribution in [2.75, 3.05) is 13.7 Å². The quantitative estimate of drug-likeness (QED) is 0.896. The smallest absolute Gasteiger partial charge is 0.137 e. The summed E-state index contributed by atoms with van der Waals surface area (Å²) in [5.41, 5.74) is 1.14. The zero-order valence-corrected chi connectivity index (χ0v) is 10.2. The van der Waals surface area contributed by atoms with Crippen molar-refractivity contribution in [1.82, 2.24) is 5.32 Å². The van der Waals surface area contributed by atoms with Gasteiger partial charge in [0.05, 0.1) is 11.6 Å². The molecule has 0 aromatic heterocycles. The molecule has 1 unspecified atom stereocenters. The summed E-state index contributed by atoms with van der Waals surface area (Å²) >= 11 is 9.43. The van der Waals surface area contributed by atoms with E-state index in [9.17, 15) is 0 Å². The molecule has 14 heavy (non-hydrogen) atoms. The molecule has 0 saturated carbocycles. The van der Waals surface area contributed by atoms with Gasteiger partial charge in [-0.25, -0.2) is 0 Å². The minimum absolute atomic E-state index is 0.389.